The predicted octanol–water partition coefficient (Wildman–Crippen LogP) is 4.38. The highest BCUT2D eigenvalue weighted by Gasteiger charge is 2.26. The predicted molar refractivity (Wildman–Crippen MR) is 121 cm³/mol. The van der Waals surface area contributed by atoms with Gasteiger partial charge in [-0.15, -0.1) is 16.4 Å². The lowest BCUT2D eigenvalue weighted by Crippen LogP contribution is -2.34. The number of carbonyl (C=O) groups is 1. The van der Waals surface area contributed by atoms with Crippen LogP contribution in [0.25, 0.3) is 16.4 Å². The lowest BCUT2D eigenvalue weighted by Gasteiger charge is -2.18. The van der Waals surface area contributed by atoms with E-state index < -0.39 is 0 Å². The summed E-state index contributed by atoms with van der Waals surface area (Å²) in [5.41, 5.74) is 2.85. The van der Waals surface area contributed by atoms with Gasteiger partial charge in [0.1, 0.15) is 11.6 Å². The number of halogens is 1. The van der Waals surface area contributed by atoms with E-state index in [-0.39, 0.29) is 17.5 Å². The molecule has 162 valence electrons. The zero-order valence-electron chi connectivity index (χ0n) is 17.5. The summed E-state index contributed by atoms with van der Waals surface area (Å²) in [6, 6.07) is 16.0. The van der Waals surface area contributed by atoms with Crippen molar-refractivity contribution in [1.29, 1.82) is 0 Å². The number of nitrogens with zero attached hydrogens (tertiary/aromatic N) is 4. The van der Waals surface area contributed by atoms with Crippen LogP contribution in [0, 0.1) is 5.82 Å². The van der Waals surface area contributed by atoms with Crippen LogP contribution < -0.4 is 4.74 Å². The third kappa shape index (κ3) is 3.78. The molecule has 1 amide bonds. The molecule has 6 nitrogen and oxygen atoms in total. The molecular weight excluding hydrogens is 427 g/mol. The summed E-state index contributed by atoms with van der Waals surface area (Å²) in [5, 5.41) is 6.43. The second kappa shape index (κ2) is 8.55. The fourth-order valence-corrected chi connectivity index (χ4v) is 4.73. The number of benzene rings is 2. The molecule has 0 unspecified atom stereocenters. The van der Waals surface area contributed by atoms with Crippen molar-refractivity contribution in [2.24, 2.45) is 0 Å². The van der Waals surface area contributed by atoms with E-state index in [1.165, 1.54) is 33.7 Å². The second-order valence-corrected chi connectivity index (χ2v) is 8.47. The standard InChI is InChI=1S/C24H21FN4O2S/c1-31-20-8-2-5-16-10-12-28(13-11-19(16)20)24(30)22-26-23(21-9-4-14-32-21)29(27-22)18-7-3-6-17(25)15-18/h2-9,14-15H,10-13H2,1H3. The second-order valence-electron chi connectivity index (χ2n) is 7.52. The molecule has 0 fully saturated rings. The Labute approximate surface area is 188 Å². The number of carbonyl (C=O) groups excluding carboxylic acids is 1. The third-order valence-corrected chi connectivity index (χ3v) is 6.48. The maximum absolute atomic E-state index is 13.9. The summed E-state index contributed by atoms with van der Waals surface area (Å²) in [5.74, 6) is 0.876. The van der Waals surface area contributed by atoms with Crippen LogP contribution >= 0.6 is 11.3 Å². The third-order valence-electron chi connectivity index (χ3n) is 5.61. The summed E-state index contributed by atoms with van der Waals surface area (Å²) in [4.78, 5) is 20.6. The molecule has 0 N–H and O–H groups in total. The Hall–Kier alpha value is -3.52. The summed E-state index contributed by atoms with van der Waals surface area (Å²) >= 11 is 1.49. The van der Waals surface area contributed by atoms with Gasteiger partial charge >= 0.3 is 0 Å². The number of ether oxygens (including phenoxy) is 1. The van der Waals surface area contributed by atoms with Gasteiger partial charge in [-0.05, 0) is 59.7 Å². The van der Waals surface area contributed by atoms with Gasteiger partial charge in [-0.3, -0.25) is 4.79 Å². The molecule has 0 spiro atoms. The Kier molecular flexibility index (Phi) is 5.45. The van der Waals surface area contributed by atoms with Gasteiger partial charge in [0.2, 0.25) is 5.82 Å². The first kappa shape index (κ1) is 20.4. The first-order valence-corrected chi connectivity index (χ1v) is 11.2. The number of methoxy groups -OCH3 is 1. The molecule has 1 aliphatic heterocycles. The maximum atomic E-state index is 13.9. The Balaban J connectivity index is 1.47. The van der Waals surface area contributed by atoms with Crippen molar-refractivity contribution < 1.29 is 13.9 Å². The van der Waals surface area contributed by atoms with E-state index in [1.54, 1.807) is 24.1 Å². The normalized spacial score (nSPS) is 13.5. The summed E-state index contributed by atoms with van der Waals surface area (Å²) < 4.78 is 20.9. The number of fused-ring (bicyclic) bond motifs is 1. The highest BCUT2D eigenvalue weighted by Crippen LogP contribution is 2.28. The Bertz CT molecular complexity index is 1270. The van der Waals surface area contributed by atoms with E-state index >= 15 is 0 Å². The molecule has 5 rings (SSSR count). The number of hydrogen-bond donors (Lipinski definition) is 0. The monoisotopic (exact) mass is 448 g/mol. The molecule has 2 aromatic heterocycles. The molecule has 0 atom stereocenters. The molecule has 3 heterocycles. The quantitative estimate of drug-likeness (QED) is 0.465. The molecule has 32 heavy (non-hydrogen) atoms. The van der Waals surface area contributed by atoms with Crippen LogP contribution in [0.15, 0.2) is 60.0 Å². The van der Waals surface area contributed by atoms with E-state index in [4.69, 9.17) is 4.74 Å². The average molecular weight is 449 g/mol. The van der Waals surface area contributed by atoms with Gasteiger partial charge in [-0.25, -0.2) is 14.1 Å². The van der Waals surface area contributed by atoms with Gasteiger partial charge in [0.05, 0.1) is 17.7 Å². The van der Waals surface area contributed by atoms with Crippen molar-refractivity contribution in [1.82, 2.24) is 19.7 Å². The summed E-state index contributed by atoms with van der Waals surface area (Å²) in [7, 11) is 1.67. The van der Waals surface area contributed by atoms with Crippen LogP contribution in [0.4, 0.5) is 4.39 Å². The molecule has 8 heteroatoms. The highest BCUT2D eigenvalue weighted by molar-refractivity contribution is 7.13. The molecule has 0 radical (unpaired) electrons. The fraction of sp³-hybridized carbons (Fsp3) is 0.208. The van der Waals surface area contributed by atoms with Crippen molar-refractivity contribution in [3.05, 3.63) is 82.7 Å². The van der Waals surface area contributed by atoms with Crippen LogP contribution in [0.1, 0.15) is 21.7 Å². The van der Waals surface area contributed by atoms with Crippen LogP contribution in [-0.4, -0.2) is 45.8 Å². The number of aromatic nitrogens is 3. The smallest absolute Gasteiger partial charge is 0.293 e. The Morgan fingerprint density at radius 3 is 2.72 bits per heavy atom. The molecule has 0 saturated heterocycles. The number of hydrogen-bond acceptors (Lipinski definition) is 5. The van der Waals surface area contributed by atoms with Crippen molar-refractivity contribution >= 4 is 17.2 Å². The molecule has 0 bridgehead atoms. The van der Waals surface area contributed by atoms with E-state index in [2.05, 4.69) is 16.1 Å². The van der Waals surface area contributed by atoms with Crippen LogP contribution in [0.2, 0.25) is 0 Å². The molecular formula is C24H21FN4O2S. The summed E-state index contributed by atoms with van der Waals surface area (Å²) in [6.45, 7) is 1.12. The first-order chi connectivity index (χ1) is 15.6. The molecule has 4 aromatic rings. The zero-order valence-corrected chi connectivity index (χ0v) is 18.3. The van der Waals surface area contributed by atoms with Crippen LogP contribution in [0.3, 0.4) is 0 Å². The van der Waals surface area contributed by atoms with Crippen molar-refractivity contribution in [3.8, 4) is 22.1 Å². The minimum atomic E-state index is -0.373. The van der Waals surface area contributed by atoms with E-state index in [9.17, 15) is 9.18 Å². The molecule has 1 aliphatic rings. The zero-order chi connectivity index (χ0) is 22.1. The molecule has 0 aliphatic carbocycles. The first-order valence-electron chi connectivity index (χ1n) is 10.3. The number of amides is 1. The van der Waals surface area contributed by atoms with Crippen LogP contribution in [0.5, 0.6) is 5.75 Å². The van der Waals surface area contributed by atoms with Crippen molar-refractivity contribution in [2.75, 3.05) is 20.2 Å². The van der Waals surface area contributed by atoms with Crippen molar-refractivity contribution in [3.63, 3.8) is 0 Å². The lowest BCUT2D eigenvalue weighted by molar-refractivity contribution is 0.0751. The summed E-state index contributed by atoms with van der Waals surface area (Å²) in [6.07, 6.45) is 1.44. The minimum Gasteiger partial charge on any atom is -0.496 e. The van der Waals surface area contributed by atoms with Gasteiger partial charge in [0, 0.05) is 13.1 Å². The molecule has 0 saturated carbocycles. The maximum Gasteiger partial charge on any atom is 0.293 e. The van der Waals surface area contributed by atoms with E-state index in [0.717, 1.165) is 22.6 Å². The largest absolute Gasteiger partial charge is 0.496 e. The van der Waals surface area contributed by atoms with Gasteiger partial charge < -0.3 is 9.64 Å². The van der Waals surface area contributed by atoms with Crippen LogP contribution in [-0.2, 0) is 12.8 Å². The minimum absolute atomic E-state index is 0.107. The van der Waals surface area contributed by atoms with Gasteiger partial charge in [0.25, 0.3) is 5.91 Å². The Morgan fingerprint density at radius 2 is 1.94 bits per heavy atom. The van der Waals surface area contributed by atoms with Gasteiger partial charge in [-0.2, -0.15) is 0 Å². The number of thiophene rings is 1. The topological polar surface area (TPSA) is 60.2 Å². The van der Waals surface area contributed by atoms with E-state index in [1.807, 2.05) is 29.6 Å². The van der Waals surface area contributed by atoms with Gasteiger partial charge in [-0.1, -0.05) is 24.3 Å². The van der Waals surface area contributed by atoms with Gasteiger partial charge in [0.15, 0.2) is 5.82 Å². The molecule has 2 aromatic carbocycles. The van der Waals surface area contributed by atoms with Crippen molar-refractivity contribution in [2.45, 2.75) is 12.8 Å². The number of rotatable bonds is 4. The fourth-order valence-electron chi connectivity index (χ4n) is 4.03. The highest BCUT2D eigenvalue weighted by atomic mass is 32.1. The van der Waals surface area contributed by atoms with E-state index in [0.29, 0.717) is 31.0 Å². The lowest BCUT2D eigenvalue weighted by atomic mass is 10.0. The Morgan fingerprint density at radius 1 is 1.09 bits per heavy atom. The average Bonchev–Trinajstić information content (AvgIpc) is 3.44. The SMILES string of the molecule is COc1cccc2c1CCN(C(=O)c1nc(-c3cccs3)n(-c3cccc(F)c3)n1)CC2.